The predicted molar refractivity (Wildman–Crippen MR) is 67.4 cm³/mol. The quantitative estimate of drug-likeness (QED) is 0.789. The molecule has 18 heavy (non-hydrogen) atoms. The first-order valence-corrected chi connectivity index (χ1v) is 6.32. The molecule has 0 saturated carbocycles. The first-order valence-electron chi connectivity index (χ1n) is 6.32. The minimum absolute atomic E-state index is 0.199. The van der Waals surface area contributed by atoms with Crippen LogP contribution in [0.2, 0.25) is 0 Å². The van der Waals surface area contributed by atoms with Crippen molar-refractivity contribution in [3.8, 4) is 0 Å². The van der Waals surface area contributed by atoms with Crippen LogP contribution in [0.15, 0.2) is 0 Å². The van der Waals surface area contributed by atoms with Crippen molar-refractivity contribution in [2.75, 3.05) is 13.7 Å². The molecule has 1 rings (SSSR count). The van der Waals surface area contributed by atoms with Crippen LogP contribution in [-0.4, -0.2) is 41.3 Å². The van der Waals surface area contributed by atoms with E-state index < -0.39 is 11.6 Å². The molecular weight excluding hydrogens is 234 g/mol. The van der Waals surface area contributed by atoms with Crippen LogP contribution in [0.3, 0.4) is 0 Å². The fraction of sp³-hybridized carbons (Fsp3) is 0.846. The third kappa shape index (κ3) is 2.60. The Kier molecular flexibility index (Phi) is 4.24. The summed E-state index contributed by atoms with van der Waals surface area (Å²) >= 11 is 0. The number of nitrogens with zero attached hydrogens (tertiary/aromatic N) is 1. The maximum absolute atomic E-state index is 11.4. The zero-order valence-corrected chi connectivity index (χ0v) is 11.7. The Bertz CT molecular complexity index is 334. The highest BCUT2D eigenvalue weighted by Gasteiger charge is 2.51. The molecule has 1 atom stereocenters. The number of carbonyl (C=O) groups excluding carboxylic acids is 1. The van der Waals surface area contributed by atoms with Crippen molar-refractivity contribution >= 4 is 12.1 Å². The molecule has 1 amide bonds. The van der Waals surface area contributed by atoms with Crippen molar-refractivity contribution in [3.63, 3.8) is 0 Å². The smallest absolute Gasteiger partial charge is 0.407 e. The van der Waals surface area contributed by atoms with Crippen molar-refractivity contribution in [3.05, 3.63) is 0 Å². The highest BCUT2D eigenvalue weighted by molar-refractivity contribution is 5.70. The summed E-state index contributed by atoms with van der Waals surface area (Å²) < 4.78 is 4.66. The first-order chi connectivity index (χ1) is 8.24. The summed E-state index contributed by atoms with van der Waals surface area (Å²) in [5.74, 6) is -0.282. The van der Waals surface area contributed by atoms with Gasteiger partial charge in [-0.15, -0.1) is 0 Å². The molecule has 5 heteroatoms. The average Bonchev–Trinajstić information content (AvgIpc) is 2.70. The number of carboxylic acid groups (broad SMARTS) is 1. The summed E-state index contributed by atoms with van der Waals surface area (Å²) in [4.78, 5) is 24.2. The molecule has 0 bridgehead atoms. The van der Waals surface area contributed by atoms with E-state index in [1.807, 2.05) is 20.8 Å². The lowest BCUT2D eigenvalue weighted by molar-refractivity contribution is -0.141. The highest BCUT2D eigenvalue weighted by Crippen LogP contribution is 2.46. The largest absolute Gasteiger partial charge is 0.469 e. The molecule has 0 spiro atoms. The summed E-state index contributed by atoms with van der Waals surface area (Å²) in [5.41, 5.74) is -0.664. The van der Waals surface area contributed by atoms with E-state index in [-0.39, 0.29) is 17.8 Å². The van der Waals surface area contributed by atoms with Crippen LogP contribution in [0.4, 0.5) is 4.79 Å². The lowest BCUT2D eigenvalue weighted by Gasteiger charge is -2.47. The minimum Gasteiger partial charge on any atom is -0.469 e. The van der Waals surface area contributed by atoms with E-state index in [0.29, 0.717) is 13.0 Å². The van der Waals surface area contributed by atoms with Crippen LogP contribution in [0.5, 0.6) is 0 Å². The molecule has 0 radical (unpaired) electrons. The Morgan fingerprint density at radius 2 is 2.00 bits per heavy atom. The van der Waals surface area contributed by atoms with Gasteiger partial charge in [-0.25, -0.2) is 4.79 Å². The number of rotatable bonds is 3. The number of hydrogen-bond acceptors (Lipinski definition) is 3. The van der Waals surface area contributed by atoms with Gasteiger partial charge in [0.15, 0.2) is 0 Å². The molecule has 1 N–H and O–H groups in total. The number of ether oxygens (including phenoxy) is 1. The van der Waals surface area contributed by atoms with Crippen LogP contribution in [0.25, 0.3) is 0 Å². The third-order valence-electron chi connectivity index (χ3n) is 4.09. The van der Waals surface area contributed by atoms with E-state index >= 15 is 0 Å². The number of methoxy groups -OCH3 is 1. The van der Waals surface area contributed by atoms with Crippen LogP contribution in [-0.2, 0) is 9.53 Å². The van der Waals surface area contributed by atoms with Gasteiger partial charge in [-0.2, -0.15) is 0 Å². The fourth-order valence-corrected chi connectivity index (χ4v) is 2.98. The Labute approximate surface area is 108 Å². The second kappa shape index (κ2) is 5.16. The van der Waals surface area contributed by atoms with Gasteiger partial charge in [0, 0.05) is 13.0 Å². The van der Waals surface area contributed by atoms with Crippen molar-refractivity contribution in [1.29, 1.82) is 0 Å². The maximum atomic E-state index is 11.4. The molecule has 0 aromatic rings. The SMILES string of the molecule is COC(=O)CC[C@]1(C(C)(C)C)CCCN1C(=O)O. The third-order valence-corrected chi connectivity index (χ3v) is 4.09. The number of hydrogen-bond donors (Lipinski definition) is 1. The Hall–Kier alpha value is -1.26. The molecule has 1 saturated heterocycles. The molecule has 1 aliphatic heterocycles. The van der Waals surface area contributed by atoms with E-state index in [9.17, 15) is 14.7 Å². The van der Waals surface area contributed by atoms with E-state index in [1.54, 1.807) is 0 Å². The first kappa shape index (κ1) is 14.8. The summed E-state index contributed by atoms with van der Waals surface area (Å²) in [5, 5.41) is 9.34. The second-order valence-corrected chi connectivity index (χ2v) is 5.90. The number of carbonyl (C=O) groups is 2. The molecule has 0 aromatic carbocycles. The molecule has 0 unspecified atom stereocenters. The molecule has 1 heterocycles. The van der Waals surface area contributed by atoms with Gasteiger partial charge >= 0.3 is 12.1 Å². The molecular formula is C13H23NO4. The number of likely N-dealkylation sites (tertiary alicyclic amines) is 1. The highest BCUT2D eigenvalue weighted by atomic mass is 16.5. The van der Waals surface area contributed by atoms with Gasteiger partial charge in [0.1, 0.15) is 0 Å². The number of esters is 1. The van der Waals surface area contributed by atoms with E-state index in [0.717, 1.165) is 12.8 Å². The minimum atomic E-state index is -0.896. The van der Waals surface area contributed by atoms with Gasteiger partial charge in [-0.3, -0.25) is 4.79 Å². The van der Waals surface area contributed by atoms with Crippen LogP contribution in [0.1, 0.15) is 46.5 Å². The predicted octanol–water partition coefficient (Wildman–Crippen LogP) is 2.50. The lowest BCUT2D eigenvalue weighted by Crippen LogP contribution is -2.55. The van der Waals surface area contributed by atoms with Crippen molar-refractivity contribution in [2.24, 2.45) is 5.41 Å². The van der Waals surface area contributed by atoms with Gasteiger partial charge in [-0.1, -0.05) is 20.8 Å². The average molecular weight is 257 g/mol. The Morgan fingerprint density at radius 3 is 2.44 bits per heavy atom. The van der Waals surface area contributed by atoms with E-state index in [2.05, 4.69) is 4.74 Å². The summed E-state index contributed by atoms with van der Waals surface area (Å²) in [6.07, 6.45) is 1.55. The normalized spacial score (nSPS) is 24.1. The standard InChI is InChI=1S/C13H23NO4/c1-12(2,3)13(8-6-10(15)18-4)7-5-9-14(13)11(16)17/h5-9H2,1-4H3,(H,16,17)/t13-/m0/s1. The van der Waals surface area contributed by atoms with Gasteiger partial charge < -0.3 is 14.7 Å². The lowest BCUT2D eigenvalue weighted by atomic mass is 9.69. The topological polar surface area (TPSA) is 66.8 Å². The molecule has 0 aromatic heterocycles. The van der Waals surface area contributed by atoms with E-state index in [1.165, 1.54) is 12.0 Å². The Balaban J connectivity index is 2.96. The summed E-state index contributed by atoms with van der Waals surface area (Å²) in [6.45, 7) is 6.65. The molecule has 1 fully saturated rings. The van der Waals surface area contributed by atoms with Crippen molar-refractivity contribution in [1.82, 2.24) is 4.90 Å². The molecule has 104 valence electrons. The number of amides is 1. The van der Waals surface area contributed by atoms with Gasteiger partial charge in [0.05, 0.1) is 12.6 Å². The zero-order valence-electron chi connectivity index (χ0n) is 11.7. The van der Waals surface area contributed by atoms with Crippen LogP contribution >= 0.6 is 0 Å². The summed E-state index contributed by atoms with van der Waals surface area (Å²) in [7, 11) is 1.36. The van der Waals surface area contributed by atoms with Gasteiger partial charge in [0.25, 0.3) is 0 Å². The fourth-order valence-electron chi connectivity index (χ4n) is 2.98. The molecule has 5 nitrogen and oxygen atoms in total. The van der Waals surface area contributed by atoms with Crippen LogP contribution < -0.4 is 0 Å². The summed E-state index contributed by atoms with van der Waals surface area (Å²) in [6, 6.07) is 0. The Morgan fingerprint density at radius 1 is 1.39 bits per heavy atom. The van der Waals surface area contributed by atoms with Crippen molar-refractivity contribution in [2.45, 2.75) is 52.0 Å². The van der Waals surface area contributed by atoms with Gasteiger partial charge in [0.2, 0.25) is 0 Å². The molecule has 0 aliphatic carbocycles. The zero-order chi connectivity index (χ0) is 14.0. The van der Waals surface area contributed by atoms with E-state index in [4.69, 9.17) is 0 Å². The van der Waals surface area contributed by atoms with Crippen molar-refractivity contribution < 1.29 is 19.4 Å². The monoisotopic (exact) mass is 257 g/mol. The van der Waals surface area contributed by atoms with Crippen LogP contribution in [0, 0.1) is 5.41 Å². The second-order valence-electron chi connectivity index (χ2n) is 5.90. The maximum Gasteiger partial charge on any atom is 0.407 e. The van der Waals surface area contributed by atoms with Gasteiger partial charge in [-0.05, 0) is 24.7 Å². The molecule has 1 aliphatic rings.